The second-order valence-electron chi connectivity index (χ2n) is 5.89. The number of carbonyl (C=O) groups excluding carboxylic acids is 1. The first-order chi connectivity index (χ1) is 10.1. The average Bonchev–Trinajstić information content (AvgIpc) is 2.90. The zero-order valence-electron chi connectivity index (χ0n) is 12.6. The number of aromatic nitrogens is 2. The lowest BCUT2D eigenvalue weighted by molar-refractivity contribution is -0.144. The molecule has 0 N–H and O–H groups in total. The van der Waals surface area contributed by atoms with Crippen LogP contribution in [0.15, 0.2) is 4.52 Å². The summed E-state index contributed by atoms with van der Waals surface area (Å²) in [5.74, 6) is 1.27. The Morgan fingerprint density at radius 3 is 2.81 bits per heavy atom. The van der Waals surface area contributed by atoms with Gasteiger partial charge in [-0.3, -0.25) is 14.6 Å². The Morgan fingerprint density at radius 1 is 1.29 bits per heavy atom. The number of nitrogens with zero attached hydrogens (tertiary/aromatic N) is 4. The third-order valence-corrected chi connectivity index (χ3v) is 4.14. The van der Waals surface area contributed by atoms with Crippen molar-refractivity contribution < 1.29 is 14.1 Å². The summed E-state index contributed by atoms with van der Waals surface area (Å²) in [6.45, 7) is 8.18. The van der Waals surface area contributed by atoms with Crippen molar-refractivity contribution in [1.29, 1.82) is 0 Å². The lowest BCUT2D eigenvalue weighted by Crippen LogP contribution is -2.41. The van der Waals surface area contributed by atoms with E-state index in [1.54, 1.807) is 6.92 Å². The molecule has 1 aromatic heterocycles. The van der Waals surface area contributed by atoms with Crippen LogP contribution in [0.25, 0.3) is 0 Å². The van der Waals surface area contributed by atoms with Gasteiger partial charge in [-0.1, -0.05) is 5.16 Å². The first-order valence-electron chi connectivity index (χ1n) is 7.58. The van der Waals surface area contributed by atoms with Gasteiger partial charge >= 0.3 is 5.97 Å². The number of ether oxygens (including phenoxy) is 1. The number of hydrogen-bond acceptors (Lipinski definition) is 7. The largest absolute Gasteiger partial charge is 0.461 e. The minimum atomic E-state index is -0.0651. The number of hydrogen-bond donors (Lipinski definition) is 0. The van der Waals surface area contributed by atoms with E-state index >= 15 is 0 Å². The van der Waals surface area contributed by atoms with Gasteiger partial charge in [0.1, 0.15) is 12.1 Å². The van der Waals surface area contributed by atoms with Crippen LogP contribution in [-0.4, -0.2) is 64.2 Å². The first-order valence-corrected chi connectivity index (χ1v) is 7.58. The van der Waals surface area contributed by atoms with Crippen LogP contribution in [0.2, 0.25) is 0 Å². The van der Waals surface area contributed by atoms with Crippen molar-refractivity contribution in [2.24, 2.45) is 0 Å². The molecule has 7 nitrogen and oxygen atoms in total. The number of cyclic esters (lactones) is 1. The molecule has 3 heterocycles. The Labute approximate surface area is 124 Å². The average molecular weight is 294 g/mol. The molecule has 3 rings (SSSR count). The van der Waals surface area contributed by atoms with Crippen LogP contribution in [-0.2, 0) is 16.1 Å². The van der Waals surface area contributed by atoms with Crippen LogP contribution < -0.4 is 0 Å². The molecule has 2 aliphatic heterocycles. The van der Waals surface area contributed by atoms with Gasteiger partial charge < -0.3 is 9.26 Å². The van der Waals surface area contributed by atoms with Crippen molar-refractivity contribution in [3.63, 3.8) is 0 Å². The molecule has 21 heavy (non-hydrogen) atoms. The van der Waals surface area contributed by atoms with Crippen LogP contribution >= 0.6 is 0 Å². The predicted octanol–water partition coefficient (Wildman–Crippen LogP) is 0.590. The molecule has 116 valence electrons. The molecule has 0 bridgehead atoms. The maximum Gasteiger partial charge on any atom is 0.323 e. The van der Waals surface area contributed by atoms with Gasteiger partial charge in [0, 0.05) is 33.0 Å². The van der Waals surface area contributed by atoms with Crippen molar-refractivity contribution >= 4 is 5.97 Å². The third kappa shape index (κ3) is 3.41. The lowest BCUT2D eigenvalue weighted by Gasteiger charge is -2.24. The summed E-state index contributed by atoms with van der Waals surface area (Å²) in [5, 5.41) is 3.94. The predicted molar refractivity (Wildman–Crippen MR) is 74.5 cm³/mol. The van der Waals surface area contributed by atoms with Gasteiger partial charge in [0.2, 0.25) is 5.89 Å². The van der Waals surface area contributed by atoms with E-state index in [4.69, 9.17) is 9.26 Å². The second-order valence-corrected chi connectivity index (χ2v) is 5.89. The Morgan fingerprint density at radius 2 is 2.14 bits per heavy atom. The summed E-state index contributed by atoms with van der Waals surface area (Å²) in [6.07, 6.45) is 1.89. The summed E-state index contributed by atoms with van der Waals surface area (Å²) < 4.78 is 10.3. The summed E-state index contributed by atoms with van der Waals surface area (Å²) in [7, 11) is 0. The number of carbonyl (C=O) groups is 1. The van der Waals surface area contributed by atoms with E-state index in [1.165, 1.54) is 0 Å². The SMILES string of the molecule is Cc1nc(CN2CCCN([C@@H]3C[C@@H](C)OC3=O)CC2)no1. The van der Waals surface area contributed by atoms with Gasteiger partial charge in [-0.25, -0.2) is 0 Å². The number of esters is 1. The molecular weight excluding hydrogens is 272 g/mol. The fraction of sp³-hybridized carbons (Fsp3) is 0.786. The molecule has 0 amide bonds. The Bertz CT molecular complexity index is 504. The summed E-state index contributed by atoms with van der Waals surface area (Å²) in [4.78, 5) is 20.7. The van der Waals surface area contributed by atoms with Gasteiger partial charge in [0.15, 0.2) is 5.82 Å². The van der Waals surface area contributed by atoms with Crippen molar-refractivity contribution in [1.82, 2.24) is 19.9 Å². The summed E-state index contributed by atoms with van der Waals surface area (Å²) in [5.41, 5.74) is 0. The molecule has 7 heteroatoms. The fourth-order valence-corrected chi connectivity index (χ4v) is 3.10. The van der Waals surface area contributed by atoms with Crippen LogP contribution in [0.5, 0.6) is 0 Å². The van der Waals surface area contributed by atoms with Crippen molar-refractivity contribution in [3.8, 4) is 0 Å². The van der Waals surface area contributed by atoms with Crippen molar-refractivity contribution in [3.05, 3.63) is 11.7 Å². The van der Waals surface area contributed by atoms with Gasteiger partial charge in [0.05, 0.1) is 6.54 Å². The zero-order valence-corrected chi connectivity index (χ0v) is 12.6. The van der Waals surface area contributed by atoms with Gasteiger partial charge in [-0.15, -0.1) is 0 Å². The molecule has 2 fully saturated rings. The highest BCUT2D eigenvalue weighted by Crippen LogP contribution is 2.21. The van der Waals surface area contributed by atoms with E-state index in [2.05, 4.69) is 19.9 Å². The lowest BCUT2D eigenvalue weighted by atomic mass is 10.1. The van der Waals surface area contributed by atoms with Crippen molar-refractivity contribution in [2.75, 3.05) is 26.2 Å². The van der Waals surface area contributed by atoms with E-state index in [1.807, 2.05) is 6.92 Å². The van der Waals surface area contributed by atoms with E-state index in [0.29, 0.717) is 12.4 Å². The van der Waals surface area contributed by atoms with Gasteiger partial charge in [-0.2, -0.15) is 4.98 Å². The first kappa shape index (κ1) is 14.5. The maximum atomic E-state index is 11.9. The highest BCUT2D eigenvalue weighted by Gasteiger charge is 2.36. The topological polar surface area (TPSA) is 71.7 Å². The van der Waals surface area contributed by atoms with E-state index < -0.39 is 0 Å². The molecule has 2 aliphatic rings. The normalized spacial score (nSPS) is 28.6. The molecule has 2 saturated heterocycles. The second kappa shape index (κ2) is 6.11. The molecule has 0 aromatic carbocycles. The highest BCUT2D eigenvalue weighted by atomic mass is 16.6. The smallest absolute Gasteiger partial charge is 0.323 e. The summed E-state index contributed by atoms with van der Waals surface area (Å²) in [6, 6.07) is -0.0626. The molecule has 0 radical (unpaired) electrons. The fourth-order valence-electron chi connectivity index (χ4n) is 3.10. The quantitative estimate of drug-likeness (QED) is 0.755. The highest BCUT2D eigenvalue weighted by molar-refractivity contribution is 5.77. The van der Waals surface area contributed by atoms with E-state index in [9.17, 15) is 4.79 Å². The van der Waals surface area contributed by atoms with Gasteiger partial charge in [0.25, 0.3) is 0 Å². The number of aryl methyl sites for hydroxylation is 1. The third-order valence-electron chi connectivity index (χ3n) is 4.14. The Hall–Kier alpha value is -1.47. The standard InChI is InChI=1S/C14H22N4O3/c1-10-8-12(14(19)20-10)18-5-3-4-17(6-7-18)9-13-15-11(2)21-16-13/h10,12H,3-9H2,1-2H3/t10-,12-/m1/s1. The monoisotopic (exact) mass is 294 g/mol. The number of rotatable bonds is 3. The summed E-state index contributed by atoms with van der Waals surface area (Å²) >= 11 is 0. The molecule has 0 spiro atoms. The van der Waals surface area contributed by atoms with E-state index in [-0.39, 0.29) is 18.1 Å². The molecule has 0 saturated carbocycles. The molecule has 0 aliphatic carbocycles. The molecule has 2 atom stereocenters. The van der Waals surface area contributed by atoms with Gasteiger partial charge in [-0.05, 0) is 19.9 Å². The zero-order chi connectivity index (χ0) is 14.8. The Balaban J connectivity index is 1.55. The Kier molecular flexibility index (Phi) is 4.21. The molecule has 1 aromatic rings. The van der Waals surface area contributed by atoms with Crippen LogP contribution in [0.1, 0.15) is 31.5 Å². The molecular formula is C14H22N4O3. The molecule has 0 unspecified atom stereocenters. The van der Waals surface area contributed by atoms with E-state index in [0.717, 1.165) is 44.8 Å². The minimum absolute atomic E-state index is 0.0455. The van der Waals surface area contributed by atoms with Crippen molar-refractivity contribution in [2.45, 2.75) is 45.4 Å². The minimum Gasteiger partial charge on any atom is -0.461 e. The van der Waals surface area contributed by atoms with Crippen LogP contribution in [0.4, 0.5) is 0 Å². The maximum absolute atomic E-state index is 11.9. The van der Waals surface area contributed by atoms with Crippen LogP contribution in [0.3, 0.4) is 0 Å². The van der Waals surface area contributed by atoms with Crippen LogP contribution in [0, 0.1) is 6.92 Å².